The minimum Gasteiger partial charge on any atom is -0.365 e. The third kappa shape index (κ3) is 1.44. The lowest BCUT2D eigenvalue weighted by atomic mass is 10.4. The zero-order valence-electron chi connectivity index (χ0n) is 7.60. The van der Waals surface area contributed by atoms with Gasteiger partial charge in [0.15, 0.2) is 5.82 Å². The molecule has 0 spiro atoms. The maximum absolute atomic E-state index is 4.18. The van der Waals surface area contributed by atoms with Crippen LogP contribution in [0.3, 0.4) is 0 Å². The molecule has 0 atom stereocenters. The molecule has 0 unspecified atom stereocenters. The van der Waals surface area contributed by atoms with E-state index in [9.17, 15) is 0 Å². The van der Waals surface area contributed by atoms with Gasteiger partial charge in [-0.25, -0.2) is 4.98 Å². The third-order valence-electron chi connectivity index (χ3n) is 1.64. The van der Waals surface area contributed by atoms with Gasteiger partial charge in [0.1, 0.15) is 6.33 Å². The summed E-state index contributed by atoms with van der Waals surface area (Å²) in [6, 6.07) is 0.343. The molecule has 1 N–H and O–H groups in total. The lowest BCUT2D eigenvalue weighted by molar-refractivity contribution is 0.886. The molecule has 68 valence electrons. The van der Waals surface area contributed by atoms with Crippen LogP contribution in [-0.4, -0.2) is 25.6 Å². The van der Waals surface area contributed by atoms with Gasteiger partial charge in [-0.15, -0.1) is 10.2 Å². The molecule has 0 aromatic carbocycles. The molecule has 0 radical (unpaired) electrons. The largest absolute Gasteiger partial charge is 0.365 e. The first kappa shape index (κ1) is 7.97. The van der Waals surface area contributed by atoms with Crippen LogP contribution >= 0.6 is 0 Å². The van der Waals surface area contributed by atoms with Crippen LogP contribution in [0, 0.1) is 0 Å². The van der Waals surface area contributed by atoms with Gasteiger partial charge >= 0.3 is 0 Å². The van der Waals surface area contributed by atoms with E-state index >= 15 is 0 Å². The first-order valence-corrected chi connectivity index (χ1v) is 4.18. The minimum atomic E-state index is 0.343. The second-order valence-corrected chi connectivity index (χ2v) is 3.14. The number of fused-ring (bicyclic) bond motifs is 1. The number of nitrogens with one attached hydrogen (secondary N) is 1. The van der Waals surface area contributed by atoms with Crippen molar-refractivity contribution in [3.8, 4) is 0 Å². The Kier molecular flexibility index (Phi) is 1.84. The molecule has 2 aromatic heterocycles. The molecule has 0 aliphatic rings. The summed E-state index contributed by atoms with van der Waals surface area (Å²) in [4.78, 5) is 4.18. The molecular weight excluding hydrogens is 166 g/mol. The Bertz CT molecular complexity index is 406. The minimum absolute atomic E-state index is 0.343. The first-order valence-electron chi connectivity index (χ1n) is 4.18. The Morgan fingerprint density at radius 1 is 1.46 bits per heavy atom. The van der Waals surface area contributed by atoms with Crippen molar-refractivity contribution in [2.24, 2.45) is 0 Å². The molecule has 13 heavy (non-hydrogen) atoms. The Balaban J connectivity index is 2.48. The van der Waals surface area contributed by atoms with Crippen LogP contribution in [-0.2, 0) is 0 Å². The van der Waals surface area contributed by atoms with E-state index in [1.165, 1.54) is 0 Å². The molecule has 0 fully saturated rings. The summed E-state index contributed by atoms with van der Waals surface area (Å²) in [5, 5.41) is 11.0. The molecule has 0 saturated carbocycles. The lowest BCUT2D eigenvalue weighted by Gasteiger charge is -2.08. The summed E-state index contributed by atoms with van der Waals surface area (Å²) in [6.45, 7) is 4.11. The molecule has 2 heterocycles. The second-order valence-electron chi connectivity index (χ2n) is 3.14. The van der Waals surface area contributed by atoms with Gasteiger partial charge in [-0.3, -0.25) is 4.40 Å². The van der Waals surface area contributed by atoms with Gasteiger partial charge in [0.25, 0.3) is 0 Å². The van der Waals surface area contributed by atoms with Crippen LogP contribution < -0.4 is 5.32 Å². The van der Waals surface area contributed by atoms with Gasteiger partial charge in [-0.2, -0.15) is 0 Å². The van der Waals surface area contributed by atoms with E-state index in [2.05, 4.69) is 34.3 Å². The highest BCUT2D eigenvalue weighted by Gasteiger charge is 2.04. The van der Waals surface area contributed by atoms with E-state index in [1.54, 1.807) is 12.5 Å². The number of rotatable bonds is 2. The molecule has 5 heteroatoms. The van der Waals surface area contributed by atoms with Crippen LogP contribution in [0.5, 0.6) is 0 Å². The van der Waals surface area contributed by atoms with Crippen molar-refractivity contribution >= 4 is 11.5 Å². The van der Waals surface area contributed by atoms with Gasteiger partial charge < -0.3 is 5.32 Å². The van der Waals surface area contributed by atoms with Crippen molar-refractivity contribution in [3.63, 3.8) is 0 Å². The number of anilines is 1. The Hall–Kier alpha value is -1.65. The van der Waals surface area contributed by atoms with Crippen LogP contribution in [0.25, 0.3) is 5.65 Å². The first-order chi connectivity index (χ1) is 6.27. The monoisotopic (exact) mass is 177 g/mol. The Morgan fingerprint density at radius 3 is 3.08 bits per heavy atom. The SMILES string of the molecule is CC(C)Nc1nccn2cnnc12. The second kappa shape index (κ2) is 3.01. The van der Waals surface area contributed by atoms with Crippen molar-refractivity contribution in [1.82, 2.24) is 19.6 Å². The smallest absolute Gasteiger partial charge is 0.203 e. The summed E-state index contributed by atoms with van der Waals surface area (Å²) in [6.07, 6.45) is 5.20. The predicted octanol–water partition coefficient (Wildman–Crippen LogP) is 0.945. The fourth-order valence-electron chi connectivity index (χ4n) is 1.13. The van der Waals surface area contributed by atoms with E-state index in [4.69, 9.17) is 0 Å². The van der Waals surface area contributed by atoms with E-state index in [0.717, 1.165) is 11.5 Å². The zero-order valence-corrected chi connectivity index (χ0v) is 7.60. The molecule has 0 aliphatic carbocycles. The van der Waals surface area contributed by atoms with Gasteiger partial charge in [0.2, 0.25) is 5.65 Å². The fraction of sp³-hybridized carbons (Fsp3) is 0.375. The molecule has 0 bridgehead atoms. The van der Waals surface area contributed by atoms with Gasteiger partial charge in [0.05, 0.1) is 0 Å². The number of aromatic nitrogens is 4. The molecule has 5 nitrogen and oxygen atoms in total. The molecule has 2 rings (SSSR count). The van der Waals surface area contributed by atoms with Gasteiger partial charge in [-0.05, 0) is 13.8 Å². The summed E-state index contributed by atoms with van der Waals surface area (Å²) < 4.78 is 1.83. The quantitative estimate of drug-likeness (QED) is 0.741. The highest BCUT2D eigenvalue weighted by atomic mass is 15.2. The van der Waals surface area contributed by atoms with E-state index in [-0.39, 0.29) is 0 Å². The summed E-state index contributed by atoms with van der Waals surface area (Å²) in [5.41, 5.74) is 0.760. The van der Waals surface area contributed by atoms with Crippen LogP contribution in [0.1, 0.15) is 13.8 Å². The predicted molar refractivity (Wildman–Crippen MR) is 49.5 cm³/mol. The van der Waals surface area contributed by atoms with Crippen molar-refractivity contribution in [3.05, 3.63) is 18.7 Å². The molecule has 0 amide bonds. The number of nitrogens with zero attached hydrogens (tertiary/aromatic N) is 4. The van der Waals surface area contributed by atoms with Crippen LogP contribution in [0.15, 0.2) is 18.7 Å². The molecule has 0 aliphatic heterocycles. The summed E-state index contributed by atoms with van der Waals surface area (Å²) >= 11 is 0. The topological polar surface area (TPSA) is 55.1 Å². The van der Waals surface area contributed by atoms with Crippen LogP contribution in [0.4, 0.5) is 5.82 Å². The fourth-order valence-corrected chi connectivity index (χ4v) is 1.13. The van der Waals surface area contributed by atoms with E-state index < -0.39 is 0 Å². The molecular formula is C8H11N5. The van der Waals surface area contributed by atoms with Crippen molar-refractivity contribution in [1.29, 1.82) is 0 Å². The Labute approximate surface area is 75.8 Å². The lowest BCUT2D eigenvalue weighted by Crippen LogP contribution is -2.12. The van der Waals surface area contributed by atoms with Crippen LogP contribution in [0.2, 0.25) is 0 Å². The maximum atomic E-state index is 4.18. The average molecular weight is 177 g/mol. The summed E-state index contributed by atoms with van der Waals surface area (Å²) in [7, 11) is 0. The molecule has 2 aromatic rings. The highest BCUT2D eigenvalue weighted by molar-refractivity contribution is 5.61. The maximum Gasteiger partial charge on any atom is 0.203 e. The van der Waals surface area contributed by atoms with Crippen molar-refractivity contribution in [2.45, 2.75) is 19.9 Å². The third-order valence-corrected chi connectivity index (χ3v) is 1.64. The normalized spacial score (nSPS) is 11.0. The average Bonchev–Trinajstić information content (AvgIpc) is 2.51. The van der Waals surface area contributed by atoms with Crippen molar-refractivity contribution in [2.75, 3.05) is 5.32 Å². The zero-order chi connectivity index (χ0) is 9.26. The highest BCUT2D eigenvalue weighted by Crippen LogP contribution is 2.10. The standard InChI is InChI=1S/C8H11N5/c1-6(2)11-7-8-12-10-5-13(8)4-3-9-7/h3-6H,1-2H3,(H,9,11). The van der Waals surface area contributed by atoms with E-state index in [1.807, 2.05) is 10.6 Å². The number of hydrogen-bond donors (Lipinski definition) is 1. The van der Waals surface area contributed by atoms with Gasteiger partial charge in [-0.1, -0.05) is 0 Å². The van der Waals surface area contributed by atoms with Gasteiger partial charge in [0, 0.05) is 18.4 Å². The summed E-state index contributed by atoms with van der Waals surface area (Å²) in [5.74, 6) is 0.773. The number of hydrogen-bond acceptors (Lipinski definition) is 4. The molecule has 0 saturated heterocycles. The van der Waals surface area contributed by atoms with E-state index in [0.29, 0.717) is 6.04 Å². The Morgan fingerprint density at radius 2 is 2.31 bits per heavy atom. The van der Waals surface area contributed by atoms with Crippen molar-refractivity contribution < 1.29 is 0 Å².